The van der Waals surface area contributed by atoms with E-state index < -0.39 is 0 Å². The van der Waals surface area contributed by atoms with Crippen LogP contribution in [-0.4, -0.2) is 23.6 Å². The van der Waals surface area contributed by atoms with Gasteiger partial charge in [-0.05, 0) is 37.0 Å². The predicted octanol–water partition coefficient (Wildman–Crippen LogP) is 1.63. The van der Waals surface area contributed by atoms with Gasteiger partial charge in [-0.2, -0.15) is 0 Å². The number of nitrogens with zero attached hydrogens (tertiary/aromatic N) is 1. The van der Waals surface area contributed by atoms with E-state index in [4.69, 9.17) is 0 Å². The van der Waals surface area contributed by atoms with Gasteiger partial charge in [-0.3, -0.25) is 0 Å². The van der Waals surface area contributed by atoms with Gasteiger partial charge in [-0.25, -0.2) is 10.4 Å². The van der Waals surface area contributed by atoms with Crippen LogP contribution < -0.4 is 5.43 Å². The number of piperidine rings is 1. The summed E-state index contributed by atoms with van der Waals surface area (Å²) in [7, 11) is 0. The van der Waals surface area contributed by atoms with Gasteiger partial charge in [0.1, 0.15) is 0 Å². The van der Waals surface area contributed by atoms with E-state index in [1.807, 2.05) is 0 Å². The van der Waals surface area contributed by atoms with Crippen molar-refractivity contribution >= 4 is 0 Å². The number of rotatable bonds is 0. The summed E-state index contributed by atoms with van der Waals surface area (Å²) in [5.74, 6) is 1.89. The Kier molecular flexibility index (Phi) is 1.34. The van der Waals surface area contributed by atoms with Crippen LogP contribution >= 0.6 is 0 Å². The van der Waals surface area contributed by atoms with Gasteiger partial charge < -0.3 is 0 Å². The molecular formula is C11H20N2. The van der Waals surface area contributed by atoms with Crippen LogP contribution in [-0.2, 0) is 0 Å². The Morgan fingerprint density at radius 3 is 2.62 bits per heavy atom. The first-order chi connectivity index (χ1) is 6.01. The maximum absolute atomic E-state index is 3.71. The van der Waals surface area contributed by atoms with Crippen LogP contribution in [0.5, 0.6) is 0 Å². The number of hydrogen-bond acceptors (Lipinski definition) is 2. The molecule has 2 heteroatoms. The van der Waals surface area contributed by atoms with E-state index in [9.17, 15) is 0 Å². The predicted molar refractivity (Wildman–Crippen MR) is 53.1 cm³/mol. The molecule has 13 heavy (non-hydrogen) atoms. The Bertz CT molecular complexity index is 232. The molecule has 0 aromatic carbocycles. The summed E-state index contributed by atoms with van der Waals surface area (Å²) < 4.78 is 0. The molecule has 1 N–H and O–H groups in total. The fourth-order valence-corrected chi connectivity index (χ4v) is 3.80. The minimum absolute atomic E-state index is 0.372. The van der Waals surface area contributed by atoms with Crippen LogP contribution in [0.15, 0.2) is 0 Å². The van der Waals surface area contributed by atoms with Crippen molar-refractivity contribution in [2.75, 3.05) is 13.1 Å². The molecule has 4 atom stereocenters. The lowest BCUT2D eigenvalue weighted by atomic mass is 9.53. The van der Waals surface area contributed by atoms with Gasteiger partial charge in [0.25, 0.3) is 0 Å². The van der Waals surface area contributed by atoms with E-state index in [2.05, 4.69) is 31.2 Å². The molecule has 0 aromatic heterocycles. The maximum Gasteiger partial charge on any atom is 0.0355 e. The summed E-state index contributed by atoms with van der Waals surface area (Å²) >= 11 is 0. The molecule has 4 bridgehead atoms. The second kappa shape index (κ2) is 2.12. The van der Waals surface area contributed by atoms with Crippen LogP contribution in [0.1, 0.15) is 33.6 Å². The van der Waals surface area contributed by atoms with Gasteiger partial charge in [0.15, 0.2) is 0 Å². The Labute approximate surface area is 80.7 Å². The number of nitrogens with one attached hydrogen (secondary N) is 1. The average Bonchev–Trinajstić information content (AvgIpc) is 1.99. The molecule has 3 heterocycles. The van der Waals surface area contributed by atoms with Crippen molar-refractivity contribution in [3.63, 3.8) is 0 Å². The minimum atomic E-state index is 0.372. The zero-order valence-electron chi connectivity index (χ0n) is 8.93. The zero-order chi connectivity index (χ0) is 9.27. The van der Waals surface area contributed by atoms with E-state index in [0.717, 1.165) is 11.8 Å². The summed E-state index contributed by atoms with van der Waals surface area (Å²) in [5.41, 5.74) is 4.57. The number of hydrazine groups is 1. The first-order valence-electron chi connectivity index (χ1n) is 5.54. The third kappa shape index (κ3) is 0.861. The Morgan fingerprint density at radius 2 is 2.00 bits per heavy atom. The van der Waals surface area contributed by atoms with Crippen molar-refractivity contribution in [1.29, 1.82) is 0 Å². The highest BCUT2D eigenvalue weighted by Crippen LogP contribution is 2.54. The van der Waals surface area contributed by atoms with Crippen LogP contribution in [0.2, 0.25) is 0 Å². The molecule has 4 aliphatic rings. The van der Waals surface area contributed by atoms with Crippen molar-refractivity contribution in [3.8, 4) is 0 Å². The smallest absolute Gasteiger partial charge is 0.0355 e. The lowest BCUT2D eigenvalue weighted by Crippen LogP contribution is -2.75. The summed E-state index contributed by atoms with van der Waals surface area (Å²) in [4.78, 5) is 0. The SMILES string of the molecule is CC12CC3CC(CN(C3)N1)C2(C)C. The van der Waals surface area contributed by atoms with Crippen molar-refractivity contribution in [1.82, 2.24) is 10.4 Å². The lowest BCUT2D eigenvalue weighted by Gasteiger charge is -2.66. The van der Waals surface area contributed by atoms with E-state index >= 15 is 0 Å². The summed E-state index contributed by atoms with van der Waals surface area (Å²) in [6, 6.07) is 0. The van der Waals surface area contributed by atoms with E-state index in [1.165, 1.54) is 25.9 Å². The van der Waals surface area contributed by atoms with Crippen molar-refractivity contribution in [3.05, 3.63) is 0 Å². The Morgan fingerprint density at radius 1 is 1.23 bits per heavy atom. The molecule has 0 spiro atoms. The fourth-order valence-electron chi connectivity index (χ4n) is 3.80. The Hall–Kier alpha value is -0.0800. The highest BCUT2D eigenvalue weighted by Gasteiger charge is 2.58. The number of hydrogen-bond donors (Lipinski definition) is 1. The molecule has 0 radical (unpaired) electrons. The highest BCUT2D eigenvalue weighted by atomic mass is 15.6. The summed E-state index contributed by atoms with van der Waals surface area (Å²) in [5, 5.41) is 2.47. The molecule has 1 saturated carbocycles. The van der Waals surface area contributed by atoms with E-state index in [0.29, 0.717) is 11.0 Å². The second-order valence-corrected chi connectivity index (χ2v) is 6.07. The van der Waals surface area contributed by atoms with Crippen LogP contribution in [0, 0.1) is 17.3 Å². The van der Waals surface area contributed by atoms with Crippen LogP contribution in [0.4, 0.5) is 0 Å². The molecule has 1 aliphatic carbocycles. The van der Waals surface area contributed by atoms with Gasteiger partial charge in [0, 0.05) is 18.6 Å². The average molecular weight is 180 g/mol. The third-order valence-electron chi connectivity index (χ3n) is 5.08. The normalized spacial score (nSPS) is 57.0. The first kappa shape index (κ1) is 8.25. The largest absolute Gasteiger partial charge is 0.249 e. The van der Waals surface area contributed by atoms with Gasteiger partial charge >= 0.3 is 0 Å². The third-order valence-corrected chi connectivity index (χ3v) is 5.08. The van der Waals surface area contributed by atoms with Crippen molar-refractivity contribution in [2.45, 2.75) is 39.2 Å². The molecule has 3 aliphatic heterocycles. The molecule has 0 amide bonds. The molecule has 74 valence electrons. The monoisotopic (exact) mass is 180 g/mol. The van der Waals surface area contributed by atoms with Gasteiger partial charge in [-0.15, -0.1) is 0 Å². The second-order valence-electron chi connectivity index (χ2n) is 6.07. The van der Waals surface area contributed by atoms with E-state index in [-0.39, 0.29) is 0 Å². The fraction of sp³-hybridized carbons (Fsp3) is 1.00. The van der Waals surface area contributed by atoms with Gasteiger partial charge in [0.05, 0.1) is 0 Å². The maximum atomic E-state index is 3.71. The first-order valence-corrected chi connectivity index (χ1v) is 5.54. The Balaban J connectivity index is 2.03. The standard InChI is InChI=1S/C11H20N2/c1-10(2)9-4-8-5-11(10,3)12-13(6-8)7-9/h8-9,12H,4-7H2,1-3H3. The van der Waals surface area contributed by atoms with Crippen LogP contribution in [0.25, 0.3) is 0 Å². The molecule has 4 unspecified atom stereocenters. The summed E-state index contributed by atoms with van der Waals surface area (Å²) in [6.07, 6.45) is 2.85. The molecular weight excluding hydrogens is 160 g/mol. The molecule has 4 rings (SSSR count). The zero-order valence-corrected chi connectivity index (χ0v) is 8.93. The van der Waals surface area contributed by atoms with Gasteiger partial charge in [-0.1, -0.05) is 13.8 Å². The topological polar surface area (TPSA) is 15.3 Å². The summed E-state index contributed by atoms with van der Waals surface area (Å²) in [6.45, 7) is 9.88. The molecule has 3 saturated heterocycles. The quantitative estimate of drug-likeness (QED) is 0.609. The molecule has 0 aromatic rings. The van der Waals surface area contributed by atoms with Gasteiger partial charge in [0.2, 0.25) is 0 Å². The van der Waals surface area contributed by atoms with Crippen molar-refractivity contribution < 1.29 is 0 Å². The van der Waals surface area contributed by atoms with Crippen molar-refractivity contribution in [2.24, 2.45) is 17.3 Å². The molecule has 2 nitrogen and oxygen atoms in total. The molecule has 4 fully saturated rings. The van der Waals surface area contributed by atoms with E-state index in [1.54, 1.807) is 0 Å². The highest BCUT2D eigenvalue weighted by molar-refractivity contribution is 5.11. The van der Waals surface area contributed by atoms with Crippen LogP contribution in [0.3, 0.4) is 0 Å². The lowest BCUT2D eigenvalue weighted by molar-refractivity contribution is -0.169. The minimum Gasteiger partial charge on any atom is -0.249 e.